The van der Waals surface area contributed by atoms with Crippen molar-refractivity contribution in [3.05, 3.63) is 75.4 Å². The molecule has 3 heterocycles. The van der Waals surface area contributed by atoms with Gasteiger partial charge in [-0.05, 0) is 0 Å². The summed E-state index contributed by atoms with van der Waals surface area (Å²) in [6.07, 6.45) is 3.78. The van der Waals surface area contributed by atoms with E-state index in [0.29, 0.717) is 24.6 Å². The van der Waals surface area contributed by atoms with Crippen molar-refractivity contribution in [2.75, 3.05) is 30.2 Å². The zero-order valence-corrected chi connectivity index (χ0v) is 22.5. The molecule has 0 saturated carbocycles. The molecule has 0 saturated heterocycles. The summed E-state index contributed by atoms with van der Waals surface area (Å²) in [7, 11) is 3.29. The number of methoxy groups -OCH3 is 2. The molecule has 9 nitrogen and oxygen atoms in total. The van der Waals surface area contributed by atoms with Gasteiger partial charge in [-0.15, -0.1) is 0 Å². The van der Waals surface area contributed by atoms with Crippen molar-refractivity contribution in [1.29, 1.82) is 0 Å². The first-order valence-corrected chi connectivity index (χ1v) is 14.0. The Morgan fingerprint density at radius 3 is 2.58 bits per heavy atom. The molecule has 0 bridgehead atoms. The molecule has 4 aromatic rings. The van der Waals surface area contributed by atoms with E-state index in [0.717, 1.165) is 44.2 Å². The minimum absolute atomic E-state index is 0.0579. The van der Waals surface area contributed by atoms with Gasteiger partial charge in [0.25, 0.3) is 0 Å². The van der Waals surface area contributed by atoms with Crippen molar-refractivity contribution < 1.29 is 40.3 Å². The van der Waals surface area contributed by atoms with Crippen LogP contribution < -0.4 is 35.6 Å². The molecular formula is C26H27IN5O4-. The molecule has 0 radical (unpaired) electrons. The van der Waals surface area contributed by atoms with Crippen LogP contribution in [0.1, 0.15) is 17.0 Å². The molecule has 1 aliphatic heterocycles. The van der Waals surface area contributed by atoms with Crippen LogP contribution in [0.25, 0.3) is 0 Å². The number of alkyl halides is 1. The number of rotatable bonds is 9. The van der Waals surface area contributed by atoms with Gasteiger partial charge in [0.1, 0.15) is 0 Å². The Balaban J connectivity index is 1.54. The molecule has 0 aliphatic carbocycles. The van der Waals surface area contributed by atoms with E-state index in [-0.39, 0.29) is 27.8 Å². The van der Waals surface area contributed by atoms with Crippen molar-refractivity contribution >= 4 is 22.8 Å². The van der Waals surface area contributed by atoms with E-state index in [1.807, 2.05) is 43.6 Å². The van der Waals surface area contributed by atoms with E-state index in [4.69, 9.17) is 19.0 Å². The van der Waals surface area contributed by atoms with Gasteiger partial charge in [-0.3, -0.25) is 0 Å². The van der Waals surface area contributed by atoms with Crippen LogP contribution in [0.2, 0.25) is 0 Å². The van der Waals surface area contributed by atoms with E-state index >= 15 is 0 Å². The number of hydrogen-bond donors (Lipinski definition) is 1. The van der Waals surface area contributed by atoms with Crippen LogP contribution in [-0.4, -0.2) is 51.0 Å². The normalized spacial score (nSPS) is 12.9. The average molecular weight is 600 g/mol. The fourth-order valence-corrected chi connectivity index (χ4v) is 6.47. The van der Waals surface area contributed by atoms with Crippen LogP contribution in [0.4, 0.5) is 17.1 Å². The molecule has 2 aromatic heterocycles. The van der Waals surface area contributed by atoms with Crippen LogP contribution in [0, 0.1) is 10.5 Å². The molecule has 1 aliphatic rings. The Hall–Kier alpha value is -3.38. The summed E-state index contributed by atoms with van der Waals surface area (Å²) in [5.74, 6) is 2.15. The quantitative estimate of drug-likeness (QED) is 0.226. The number of ether oxygens (including phenoxy) is 2. The summed E-state index contributed by atoms with van der Waals surface area (Å²) in [4.78, 5) is 7.17. The third-order valence-electron chi connectivity index (χ3n) is 5.77. The van der Waals surface area contributed by atoms with Crippen molar-refractivity contribution in [2.24, 2.45) is 4.99 Å². The van der Waals surface area contributed by atoms with E-state index in [1.54, 1.807) is 18.9 Å². The number of anilines is 2. The molecule has 0 atom stereocenters. The second-order valence-corrected chi connectivity index (χ2v) is 11.0. The number of aryl methyl sites for hydroxylation is 1. The number of aromatic nitrogens is 3. The SMILES string of the molecule is COc1cc(OC)cc(N(Cc2cc(C)no2)c2ccc3c(c2)N=C(c2cnn(CCO)c2)C[I-]3)c1. The predicted octanol–water partition coefficient (Wildman–Crippen LogP) is 0.920. The molecule has 0 spiro atoms. The van der Waals surface area contributed by atoms with Gasteiger partial charge in [0.2, 0.25) is 0 Å². The standard InChI is InChI=1S/C26H27IN5O4/c1-17-8-23(36-30-17)16-32(20-9-21(34-2)12-22(10-20)35-3)19-4-5-24-25(11-19)29-26(13-27-24)18-14-28-31(15-18)6-7-33/h4-5,8-12,14-15,33H,6-7,13,16H2,1-3H3/q-1. The van der Waals surface area contributed by atoms with Gasteiger partial charge in [0.15, 0.2) is 0 Å². The summed E-state index contributed by atoms with van der Waals surface area (Å²) in [5, 5.41) is 17.6. The van der Waals surface area contributed by atoms with Crippen molar-refractivity contribution in [3.8, 4) is 11.5 Å². The molecule has 2 aromatic carbocycles. The fourth-order valence-electron chi connectivity index (χ4n) is 3.98. The van der Waals surface area contributed by atoms with Crippen molar-refractivity contribution in [3.63, 3.8) is 0 Å². The molecule has 5 rings (SSSR count). The van der Waals surface area contributed by atoms with E-state index in [1.165, 1.54) is 3.57 Å². The van der Waals surface area contributed by atoms with Crippen molar-refractivity contribution in [1.82, 2.24) is 14.9 Å². The molecule has 188 valence electrons. The Morgan fingerprint density at radius 1 is 1.08 bits per heavy atom. The van der Waals surface area contributed by atoms with Crippen LogP contribution in [0.5, 0.6) is 11.5 Å². The maximum atomic E-state index is 9.20. The topological polar surface area (TPSA) is 98.1 Å². The number of benzene rings is 2. The summed E-state index contributed by atoms with van der Waals surface area (Å²) in [5.41, 5.74) is 5.73. The molecule has 36 heavy (non-hydrogen) atoms. The third kappa shape index (κ3) is 5.24. The van der Waals surface area contributed by atoms with Gasteiger partial charge in [-0.1, -0.05) is 0 Å². The van der Waals surface area contributed by atoms with Crippen LogP contribution in [0.15, 0.2) is 64.4 Å². The summed E-state index contributed by atoms with van der Waals surface area (Å²) in [6, 6.07) is 14.2. The van der Waals surface area contributed by atoms with Gasteiger partial charge in [-0.25, -0.2) is 0 Å². The van der Waals surface area contributed by atoms with Gasteiger partial charge < -0.3 is 0 Å². The first-order chi connectivity index (χ1) is 17.6. The molecule has 1 N–H and O–H groups in total. The second kappa shape index (κ2) is 10.7. The number of nitrogens with zero attached hydrogens (tertiary/aromatic N) is 5. The Bertz CT molecular complexity index is 1370. The number of fused-ring (bicyclic) bond motifs is 1. The Kier molecular flexibility index (Phi) is 7.23. The van der Waals surface area contributed by atoms with Gasteiger partial charge in [-0.2, -0.15) is 0 Å². The third-order valence-corrected chi connectivity index (χ3v) is 8.61. The van der Waals surface area contributed by atoms with E-state index < -0.39 is 0 Å². The summed E-state index contributed by atoms with van der Waals surface area (Å²) in [6.45, 7) is 2.92. The van der Waals surface area contributed by atoms with E-state index in [9.17, 15) is 5.11 Å². The van der Waals surface area contributed by atoms with Gasteiger partial charge >= 0.3 is 220 Å². The molecular weight excluding hydrogens is 573 g/mol. The minimum atomic E-state index is -0.224. The second-order valence-electron chi connectivity index (χ2n) is 8.27. The maximum absolute atomic E-state index is 9.20. The number of aliphatic imine (C=N–C) groups is 1. The predicted molar refractivity (Wildman–Crippen MR) is 132 cm³/mol. The number of aliphatic hydroxyl groups is 1. The van der Waals surface area contributed by atoms with Gasteiger partial charge in [0.05, 0.1) is 0 Å². The van der Waals surface area contributed by atoms with Crippen LogP contribution >= 0.6 is 0 Å². The zero-order valence-electron chi connectivity index (χ0n) is 20.3. The fraction of sp³-hybridized carbons (Fsp3) is 0.269. The van der Waals surface area contributed by atoms with Crippen molar-refractivity contribution in [2.45, 2.75) is 20.0 Å². The molecule has 0 amide bonds. The van der Waals surface area contributed by atoms with Crippen LogP contribution in [-0.2, 0) is 13.1 Å². The number of halogens is 1. The van der Waals surface area contributed by atoms with E-state index in [2.05, 4.69) is 33.4 Å². The van der Waals surface area contributed by atoms with Crippen LogP contribution in [0.3, 0.4) is 0 Å². The first-order valence-electron chi connectivity index (χ1n) is 11.4. The summed E-state index contributed by atoms with van der Waals surface area (Å²) < 4.78 is 20.6. The molecule has 10 heteroatoms. The average Bonchev–Trinajstić information content (AvgIpc) is 3.55. The number of hydrogen-bond acceptors (Lipinski definition) is 8. The summed E-state index contributed by atoms with van der Waals surface area (Å²) >= 11 is -0.224. The monoisotopic (exact) mass is 600 g/mol. The zero-order chi connectivity index (χ0) is 25.1. The Morgan fingerprint density at radius 2 is 1.89 bits per heavy atom. The van der Waals surface area contributed by atoms with Gasteiger partial charge in [0, 0.05) is 0 Å². The molecule has 0 fully saturated rings. The first kappa shape index (κ1) is 24.3. The molecule has 0 unspecified atom stereocenters. The Labute approximate surface area is 219 Å². The number of aliphatic hydroxyl groups excluding tert-OH is 1.